The minimum absolute atomic E-state index is 0.115. The average molecular weight is 392 g/mol. The van der Waals surface area contributed by atoms with Gasteiger partial charge in [0.25, 0.3) is 5.91 Å². The Hall–Kier alpha value is -4.12. The first-order valence-electron chi connectivity index (χ1n) is 9.83. The zero-order valence-electron chi connectivity index (χ0n) is 16.2. The lowest BCUT2D eigenvalue weighted by Gasteiger charge is -2.26. The number of carbonyl (C=O) groups is 1. The van der Waals surface area contributed by atoms with E-state index in [1.165, 1.54) is 0 Å². The van der Waals surface area contributed by atoms with Gasteiger partial charge >= 0.3 is 0 Å². The number of nitrogens with zero attached hydrogens (tertiary/aromatic N) is 2. The molecule has 5 rings (SSSR count). The molecule has 0 unspecified atom stereocenters. The predicted octanol–water partition coefficient (Wildman–Crippen LogP) is 5.19. The van der Waals surface area contributed by atoms with Crippen molar-refractivity contribution in [1.82, 2.24) is 9.78 Å². The molecule has 0 radical (unpaired) electrons. The average Bonchev–Trinajstić information content (AvgIpc) is 3.24. The first kappa shape index (κ1) is 17.9. The van der Waals surface area contributed by atoms with E-state index in [0.717, 1.165) is 22.5 Å². The molecule has 1 aromatic heterocycles. The fourth-order valence-electron chi connectivity index (χ4n) is 3.66. The van der Waals surface area contributed by atoms with Crippen LogP contribution in [0.4, 0.5) is 11.5 Å². The highest BCUT2D eigenvalue weighted by Crippen LogP contribution is 2.35. The summed E-state index contributed by atoms with van der Waals surface area (Å²) in [5.41, 5.74) is 4.36. The maximum atomic E-state index is 13.0. The highest BCUT2D eigenvalue weighted by molar-refractivity contribution is 6.08. The first-order chi connectivity index (χ1) is 14.8. The Balaban J connectivity index is 1.56. The molecule has 5 nitrogen and oxygen atoms in total. The fraction of sp³-hybridized carbons (Fsp3) is 0.0400. The molecule has 1 amide bonds. The van der Waals surface area contributed by atoms with Gasteiger partial charge in [0.1, 0.15) is 11.4 Å². The number of allylic oxidation sites excluding steroid dienone is 1. The van der Waals surface area contributed by atoms with Gasteiger partial charge in [-0.3, -0.25) is 4.79 Å². The fourth-order valence-corrected chi connectivity index (χ4v) is 3.66. The van der Waals surface area contributed by atoms with Crippen LogP contribution in [0.2, 0.25) is 0 Å². The number of aromatic nitrogens is 2. The Labute approximate surface area is 174 Å². The van der Waals surface area contributed by atoms with Crippen LogP contribution >= 0.6 is 0 Å². The van der Waals surface area contributed by atoms with Crippen LogP contribution in [0.25, 0.3) is 5.70 Å². The van der Waals surface area contributed by atoms with Crippen molar-refractivity contribution >= 4 is 23.1 Å². The van der Waals surface area contributed by atoms with Crippen LogP contribution in [0.3, 0.4) is 0 Å². The normalized spacial score (nSPS) is 14.9. The number of hydrogen-bond donors (Lipinski definition) is 2. The molecule has 1 atom stereocenters. The Morgan fingerprint density at radius 1 is 0.867 bits per heavy atom. The van der Waals surface area contributed by atoms with Gasteiger partial charge in [0.05, 0.1) is 12.2 Å². The Morgan fingerprint density at radius 2 is 1.50 bits per heavy atom. The van der Waals surface area contributed by atoms with Gasteiger partial charge in [-0.1, -0.05) is 78.9 Å². The van der Waals surface area contributed by atoms with Crippen LogP contribution in [0.1, 0.15) is 27.5 Å². The summed E-state index contributed by atoms with van der Waals surface area (Å²) in [6.45, 7) is 0. The van der Waals surface area contributed by atoms with Crippen molar-refractivity contribution in [2.45, 2.75) is 6.04 Å². The van der Waals surface area contributed by atoms with E-state index in [-0.39, 0.29) is 11.9 Å². The number of para-hydroxylation sites is 1. The first-order valence-corrected chi connectivity index (χ1v) is 9.83. The van der Waals surface area contributed by atoms with Gasteiger partial charge in [-0.2, -0.15) is 5.10 Å². The van der Waals surface area contributed by atoms with Gasteiger partial charge in [-0.25, -0.2) is 4.68 Å². The summed E-state index contributed by atoms with van der Waals surface area (Å²) in [4.78, 5) is 13.0. The molecule has 0 bridgehead atoms. The summed E-state index contributed by atoms with van der Waals surface area (Å²) in [6, 6.07) is 29.6. The SMILES string of the molecule is O=C(Nc1ccccc1)c1cnn2c1NC(c1ccccc1)=C[C@H]2c1ccccc1. The van der Waals surface area contributed by atoms with Crippen molar-refractivity contribution in [3.63, 3.8) is 0 Å². The Bertz CT molecular complexity index is 1200. The molecular formula is C25H20N4O. The summed E-state index contributed by atoms with van der Waals surface area (Å²) in [7, 11) is 0. The number of fused-ring (bicyclic) bond motifs is 1. The van der Waals surface area contributed by atoms with E-state index < -0.39 is 0 Å². The number of amides is 1. The molecular weight excluding hydrogens is 372 g/mol. The standard InChI is InChI=1S/C25H20N4O/c30-25(27-20-14-8-3-9-15-20)21-17-26-29-23(19-12-6-2-7-13-19)16-22(28-24(21)29)18-10-4-1-5-11-18/h1-17,23,28H,(H,27,30)/t23-/m0/s1. The third-order valence-electron chi connectivity index (χ3n) is 5.14. The summed E-state index contributed by atoms with van der Waals surface area (Å²) in [5.74, 6) is 0.481. The third-order valence-corrected chi connectivity index (χ3v) is 5.14. The lowest BCUT2D eigenvalue weighted by Crippen LogP contribution is -2.22. The van der Waals surface area contributed by atoms with E-state index in [4.69, 9.17) is 0 Å². The number of nitrogens with one attached hydrogen (secondary N) is 2. The molecule has 1 aliphatic heterocycles. The van der Waals surface area contributed by atoms with Gasteiger partial charge in [0, 0.05) is 11.4 Å². The van der Waals surface area contributed by atoms with Gasteiger partial charge in [-0.05, 0) is 29.3 Å². The Morgan fingerprint density at radius 3 is 2.20 bits per heavy atom. The summed E-state index contributed by atoms with van der Waals surface area (Å²) in [6.07, 6.45) is 3.77. The third kappa shape index (κ3) is 3.37. The monoisotopic (exact) mass is 392 g/mol. The van der Waals surface area contributed by atoms with Crippen LogP contribution in [-0.2, 0) is 0 Å². The van der Waals surface area contributed by atoms with Gasteiger partial charge in [-0.15, -0.1) is 0 Å². The van der Waals surface area contributed by atoms with E-state index in [1.54, 1.807) is 6.20 Å². The van der Waals surface area contributed by atoms with Crippen molar-refractivity contribution in [3.8, 4) is 0 Å². The number of hydrogen-bond acceptors (Lipinski definition) is 3. The summed E-state index contributed by atoms with van der Waals surface area (Å²) in [5, 5.41) is 10.9. The Kier molecular flexibility index (Phi) is 4.62. The van der Waals surface area contributed by atoms with Crippen molar-refractivity contribution in [3.05, 3.63) is 120 Å². The van der Waals surface area contributed by atoms with Crippen LogP contribution in [0.5, 0.6) is 0 Å². The van der Waals surface area contributed by atoms with Crippen LogP contribution in [0.15, 0.2) is 103 Å². The second kappa shape index (κ2) is 7.72. The van der Waals surface area contributed by atoms with Crippen molar-refractivity contribution in [2.75, 3.05) is 10.6 Å². The zero-order valence-corrected chi connectivity index (χ0v) is 16.2. The molecule has 0 spiro atoms. The highest BCUT2D eigenvalue weighted by Gasteiger charge is 2.27. The number of benzene rings is 3. The molecule has 4 aromatic rings. The minimum atomic E-state index is -0.198. The van der Waals surface area contributed by atoms with Gasteiger partial charge in [0.15, 0.2) is 0 Å². The molecule has 0 saturated carbocycles. The van der Waals surface area contributed by atoms with Gasteiger partial charge < -0.3 is 10.6 Å². The lowest BCUT2D eigenvalue weighted by molar-refractivity contribution is 0.102. The second-order valence-corrected chi connectivity index (χ2v) is 7.10. The van der Waals surface area contributed by atoms with Crippen molar-refractivity contribution in [1.29, 1.82) is 0 Å². The molecule has 30 heavy (non-hydrogen) atoms. The molecule has 2 N–H and O–H groups in total. The second-order valence-electron chi connectivity index (χ2n) is 7.10. The van der Waals surface area contributed by atoms with E-state index in [1.807, 2.05) is 71.4 Å². The number of anilines is 2. The maximum absolute atomic E-state index is 13.0. The van der Waals surface area contributed by atoms with Crippen molar-refractivity contribution in [2.24, 2.45) is 0 Å². The minimum Gasteiger partial charge on any atom is -0.339 e. The van der Waals surface area contributed by atoms with E-state index in [2.05, 4.69) is 46.1 Å². The largest absolute Gasteiger partial charge is 0.339 e. The van der Waals surface area contributed by atoms with E-state index in [9.17, 15) is 4.79 Å². The molecule has 5 heteroatoms. The van der Waals surface area contributed by atoms with E-state index in [0.29, 0.717) is 11.4 Å². The maximum Gasteiger partial charge on any atom is 0.261 e. The zero-order chi connectivity index (χ0) is 20.3. The van der Waals surface area contributed by atoms with Gasteiger partial charge in [0.2, 0.25) is 0 Å². The van der Waals surface area contributed by atoms with E-state index >= 15 is 0 Å². The summed E-state index contributed by atoms with van der Waals surface area (Å²) < 4.78 is 1.86. The molecule has 2 heterocycles. The number of rotatable bonds is 4. The molecule has 3 aromatic carbocycles. The smallest absolute Gasteiger partial charge is 0.261 e. The summed E-state index contributed by atoms with van der Waals surface area (Å²) >= 11 is 0. The lowest BCUT2D eigenvalue weighted by atomic mass is 10.0. The molecule has 0 fully saturated rings. The predicted molar refractivity (Wildman–Crippen MR) is 119 cm³/mol. The molecule has 0 aliphatic carbocycles. The van der Waals surface area contributed by atoms with Crippen LogP contribution < -0.4 is 10.6 Å². The van der Waals surface area contributed by atoms with Crippen LogP contribution in [-0.4, -0.2) is 15.7 Å². The quantitative estimate of drug-likeness (QED) is 0.502. The molecule has 0 saturated heterocycles. The topological polar surface area (TPSA) is 59.0 Å². The molecule has 146 valence electrons. The highest BCUT2D eigenvalue weighted by atomic mass is 16.1. The number of carbonyl (C=O) groups excluding carboxylic acids is 1. The van der Waals surface area contributed by atoms with Crippen molar-refractivity contribution < 1.29 is 4.79 Å². The molecule has 1 aliphatic rings. The van der Waals surface area contributed by atoms with Crippen LogP contribution in [0, 0.1) is 0 Å².